The SMILES string of the molecule is CCOC(=O)c1cccc(C#C/C=C/C2=C(C)CCCC2(C)C)c1. The molecule has 1 aromatic carbocycles. The normalized spacial score (nSPS) is 16.7. The molecule has 0 N–H and O–H groups in total. The average Bonchev–Trinajstić information content (AvgIpc) is 2.54. The summed E-state index contributed by atoms with van der Waals surface area (Å²) in [6, 6.07) is 7.25. The molecule has 0 bridgehead atoms. The van der Waals surface area contributed by atoms with Crippen LogP contribution in [-0.4, -0.2) is 12.6 Å². The molecule has 1 aliphatic carbocycles. The smallest absolute Gasteiger partial charge is 0.338 e. The Morgan fingerprint density at radius 1 is 1.38 bits per heavy atom. The van der Waals surface area contributed by atoms with Gasteiger partial charge in [0.15, 0.2) is 0 Å². The molecule has 2 rings (SSSR count). The first-order chi connectivity index (χ1) is 11.4. The maximum absolute atomic E-state index is 11.8. The van der Waals surface area contributed by atoms with Crippen LogP contribution in [0.15, 0.2) is 47.6 Å². The van der Waals surface area contributed by atoms with Crippen LogP contribution in [0, 0.1) is 17.3 Å². The van der Waals surface area contributed by atoms with Crippen molar-refractivity contribution in [2.75, 3.05) is 6.61 Å². The molecule has 0 aromatic heterocycles. The summed E-state index contributed by atoms with van der Waals surface area (Å²) < 4.78 is 5.02. The van der Waals surface area contributed by atoms with Gasteiger partial charge in [0.25, 0.3) is 0 Å². The van der Waals surface area contributed by atoms with Crippen LogP contribution in [0.5, 0.6) is 0 Å². The Bertz CT molecular complexity index is 724. The summed E-state index contributed by atoms with van der Waals surface area (Å²) >= 11 is 0. The number of esters is 1. The Labute approximate surface area is 145 Å². The molecule has 1 aliphatic rings. The maximum Gasteiger partial charge on any atom is 0.338 e. The lowest BCUT2D eigenvalue weighted by Crippen LogP contribution is -2.18. The van der Waals surface area contributed by atoms with Crippen LogP contribution in [0.2, 0.25) is 0 Å². The Morgan fingerprint density at radius 3 is 2.88 bits per heavy atom. The molecule has 0 atom stereocenters. The third-order valence-electron chi connectivity index (χ3n) is 4.47. The van der Waals surface area contributed by atoms with Crippen molar-refractivity contribution < 1.29 is 9.53 Å². The highest BCUT2D eigenvalue weighted by molar-refractivity contribution is 5.89. The molecular formula is C22H26O2. The van der Waals surface area contributed by atoms with Crippen molar-refractivity contribution in [3.8, 4) is 11.8 Å². The van der Waals surface area contributed by atoms with Crippen LogP contribution in [0.1, 0.15) is 62.9 Å². The number of rotatable bonds is 3. The van der Waals surface area contributed by atoms with Crippen molar-refractivity contribution >= 4 is 5.97 Å². The number of benzene rings is 1. The van der Waals surface area contributed by atoms with Crippen molar-refractivity contribution in [3.05, 3.63) is 58.7 Å². The minimum atomic E-state index is -0.304. The van der Waals surface area contributed by atoms with Crippen molar-refractivity contribution in [1.82, 2.24) is 0 Å². The van der Waals surface area contributed by atoms with Gasteiger partial charge < -0.3 is 4.74 Å². The largest absolute Gasteiger partial charge is 0.462 e. The van der Waals surface area contributed by atoms with Crippen LogP contribution < -0.4 is 0 Å². The fourth-order valence-corrected chi connectivity index (χ4v) is 3.20. The van der Waals surface area contributed by atoms with Gasteiger partial charge in [-0.1, -0.05) is 43.4 Å². The van der Waals surface area contributed by atoms with Gasteiger partial charge in [-0.2, -0.15) is 0 Å². The first-order valence-electron chi connectivity index (χ1n) is 8.59. The highest BCUT2D eigenvalue weighted by atomic mass is 16.5. The molecule has 0 radical (unpaired) electrons. The summed E-state index contributed by atoms with van der Waals surface area (Å²) in [6.45, 7) is 8.99. The predicted molar refractivity (Wildman–Crippen MR) is 98.7 cm³/mol. The van der Waals surface area contributed by atoms with Crippen LogP contribution >= 0.6 is 0 Å². The topological polar surface area (TPSA) is 26.3 Å². The fourth-order valence-electron chi connectivity index (χ4n) is 3.20. The van der Waals surface area contributed by atoms with Crippen molar-refractivity contribution in [3.63, 3.8) is 0 Å². The zero-order valence-corrected chi connectivity index (χ0v) is 15.1. The van der Waals surface area contributed by atoms with E-state index in [9.17, 15) is 4.79 Å². The van der Waals surface area contributed by atoms with Gasteiger partial charge in [0, 0.05) is 5.56 Å². The van der Waals surface area contributed by atoms with Gasteiger partial charge in [-0.3, -0.25) is 0 Å². The highest BCUT2D eigenvalue weighted by Gasteiger charge is 2.26. The molecule has 0 aliphatic heterocycles. The summed E-state index contributed by atoms with van der Waals surface area (Å²) in [6.07, 6.45) is 7.74. The zero-order chi connectivity index (χ0) is 17.6. The molecule has 0 amide bonds. The van der Waals surface area contributed by atoms with E-state index in [0.717, 1.165) is 5.56 Å². The van der Waals surface area contributed by atoms with E-state index in [2.05, 4.69) is 38.7 Å². The lowest BCUT2D eigenvalue weighted by molar-refractivity contribution is 0.0526. The highest BCUT2D eigenvalue weighted by Crippen LogP contribution is 2.40. The van der Waals surface area contributed by atoms with E-state index < -0.39 is 0 Å². The van der Waals surface area contributed by atoms with Gasteiger partial charge in [0.05, 0.1) is 12.2 Å². The quantitative estimate of drug-likeness (QED) is 0.558. The first kappa shape index (κ1) is 18.1. The van der Waals surface area contributed by atoms with Crippen LogP contribution in [0.25, 0.3) is 0 Å². The van der Waals surface area contributed by atoms with Crippen molar-refractivity contribution in [1.29, 1.82) is 0 Å². The summed E-state index contributed by atoms with van der Waals surface area (Å²) in [7, 11) is 0. The molecular weight excluding hydrogens is 296 g/mol. The van der Waals surface area contributed by atoms with Crippen molar-refractivity contribution in [2.24, 2.45) is 5.41 Å². The Balaban J connectivity index is 2.13. The van der Waals surface area contributed by atoms with E-state index in [-0.39, 0.29) is 11.4 Å². The number of carbonyl (C=O) groups is 1. The lowest BCUT2D eigenvalue weighted by Gasteiger charge is -2.32. The van der Waals surface area contributed by atoms with Gasteiger partial charge in [-0.25, -0.2) is 4.79 Å². The second-order valence-electron chi connectivity index (χ2n) is 6.84. The van der Waals surface area contributed by atoms with Gasteiger partial charge in [0.1, 0.15) is 0 Å². The number of hydrogen-bond acceptors (Lipinski definition) is 2. The molecule has 2 heteroatoms. The fraction of sp³-hybridized carbons (Fsp3) is 0.409. The molecule has 0 heterocycles. The molecule has 2 nitrogen and oxygen atoms in total. The maximum atomic E-state index is 11.8. The second-order valence-corrected chi connectivity index (χ2v) is 6.84. The summed E-state index contributed by atoms with van der Waals surface area (Å²) in [5.41, 5.74) is 4.46. The Kier molecular flexibility index (Phi) is 6.04. The molecule has 0 saturated heterocycles. The summed E-state index contributed by atoms with van der Waals surface area (Å²) in [4.78, 5) is 11.8. The minimum Gasteiger partial charge on any atom is -0.462 e. The summed E-state index contributed by atoms with van der Waals surface area (Å²) in [5, 5.41) is 0. The van der Waals surface area contributed by atoms with E-state index in [1.54, 1.807) is 19.1 Å². The molecule has 0 fully saturated rings. The van der Waals surface area contributed by atoms with E-state index in [4.69, 9.17) is 4.74 Å². The van der Waals surface area contributed by atoms with E-state index in [0.29, 0.717) is 12.2 Å². The van der Waals surface area contributed by atoms with Gasteiger partial charge >= 0.3 is 5.97 Å². The van der Waals surface area contributed by atoms with E-state index >= 15 is 0 Å². The summed E-state index contributed by atoms with van der Waals surface area (Å²) in [5.74, 6) is 5.88. The molecule has 1 aromatic rings. The lowest BCUT2D eigenvalue weighted by atomic mass is 9.73. The molecule has 0 spiro atoms. The van der Waals surface area contributed by atoms with Gasteiger partial charge in [-0.05, 0) is 68.4 Å². The number of allylic oxidation sites excluding steroid dienone is 4. The number of carbonyl (C=O) groups excluding carboxylic acids is 1. The monoisotopic (exact) mass is 322 g/mol. The molecule has 0 unspecified atom stereocenters. The van der Waals surface area contributed by atoms with Crippen LogP contribution in [0.3, 0.4) is 0 Å². The average molecular weight is 322 g/mol. The Morgan fingerprint density at radius 2 is 2.17 bits per heavy atom. The van der Waals surface area contributed by atoms with E-state index in [1.165, 1.54) is 30.4 Å². The first-order valence-corrected chi connectivity index (χ1v) is 8.59. The third kappa shape index (κ3) is 4.61. The van der Waals surface area contributed by atoms with Crippen LogP contribution in [-0.2, 0) is 4.74 Å². The predicted octanol–water partition coefficient (Wildman–Crippen LogP) is 5.30. The zero-order valence-electron chi connectivity index (χ0n) is 15.1. The van der Waals surface area contributed by atoms with Gasteiger partial charge in [0.2, 0.25) is 0 Å². The molecule has 24 heavy (non-hydrogen) atoms. The molecule has 126 valence electrons. The number of ether oxygens (including phenoxy) is 1. The Hall–Kier alpha value is -2.27. The number of hydrogen-bond donors (Lipinski definition) is 0. The standard InChI is InChI=1S/C22H26O2/c1-5-24-21(23)19-13-8-12-18(16-19)11-6-7-14-20-17(2)10-9-15-22(20,3)4/h7-8,12-14,16H,5,9-10,15H2,1-4H3/b14-7+. The van der Waals surface area contributed by atoms with E-state index in [1.807, 2.05) is 18.2 Å². The molecule has 0 saturated carbocycles. The van der Waals surface area contributed by atoms with Crippen LogP contribution in [0.4, 0.5) is 0 Å². The van der Waals surface area contributed by atoms with Gasteiger partial charge in [-0.15, -0.1) is 0 Å². The second kappa shape index (κ2) is 8.02. The van der Waals surface area contributed by atoms with Crippen molar-refractivity contribution in [2.45, 2.75) is 47.0 Å². The minimum absolute atomic E-state index is 0.227. The third-order valence-corrected chi connectivity index (χ3v) is 4.47.